The maximum Gasteiger partial charge on any atom is 0.347 e. The maximum atomic E-state index is 13.3. The summed E-state index contributed by atoms with van der Waals surface area (Å²) in [7, 11) is 0. The number of ether oxygens (including phenoxy) is 1. The molecule has 0 unspecified atom stereocenters. The number of benzene rings is 2. The zero-order valence-electron chi connectivity index (χ0n) is 23.5. The average Bonchev–Trinajstić information content (AvgIpc) is 2.92. The number of halogens is 1. The van der Waals surface area contributed by atoms with Gasteiger partial charge in [-0.1, -0.05) is 51.4 Å². The lowest BCUT2D eigenvalue weighted by Crippen LogP contribution is -2.56. The first-order valence-electron chi connectivity index (χ1n) is 13.9. The van der Waals surface area contributed by atoms with Crippen molar-refractivity contribution in [3.8, 4) is 0 Å². The van der Waals surface area contributed by atoms with E-state index in [-0.39, 0.29) is 24.0 Å². The van der Waals surface area contributed by atoms with Crippen molar-refractivity contribution >= 4 is 33.5 Å². The van der Waals surface area contributed by atoms with Gasteiger partial charge < -0.3 is 14.5 Å². The second kappa shape index (κ2) is 13.1. The Morgan fingerprint density at radius 1 is 1.00 bits per heavy atom. The van der Waals surface area contributed by atoms with E-state index in [0.29, 0.717) is 6.61 Å². The quantitative estimate of drug-likeness (QED) is 0.220. The molecule has 0 aromatic heterocycles. The summed E-state index contributed by atoms with van der Waals surface area (Å²) < 4.78 is 5.97. The van der Waals surface area contributed by atoms with Crippen LogP contribution in [0.2, 0.25) is 0 Å². The number of aryl methyl sites for hydroxylation is 2. The highest BCUT2D eigenvalue weighted by Crippen LogP contribution is 2.34. The van der Waals surface area contributed by atoms with Crippen molar-refractivity contribution in [3.05, 3.63) is 69.2 Å². The van der Waals surface area contributed by atoms with E-state index >= 15 is 0 Å². The predicted molar refractivity (Wildman–Crippen MR) is 157 cm³/mol. The van der Waals surface area contributed by atoms with Gasteiger partial charge in [-0.3, -0.25) is 9.69 Å². The second-order valence-corrected chi connectivity index (χ2v) is 11.8. The first kappa shape index (κ1) is 29.3. The molecule has 0 spiro atoms. The third-order valence-corrected chi connectivity index (χ3v) is 8.79. The number of nitrogens with zero attached hydrogens (tertiary/aromatic N) is 3. The highest BCUT2D eigenvalue weighted by Gasteiger charge is 2.39. The van der Waals surface area contributed by atoms with Crippen LogP contribution in [0.5, 0.6) is 0 Å². The number of hydrogen-bond donors (Lipinski definition) is 0. The molecule has 8 heteroatoms. The normalized spacial score (nSPS) is 18.6. The predicted octanol–water partition coefficient (Wildman–Crippen LogP) is 5.76. The summed E-state index contributed by atoms with van der Waals surface area (Å²) in [6.07, 6.45) is 3.84. The second-order valence-electron chi connectivity index (χ2n) is 10.9. The fraction of sp³-hybridized carbons (Fsp3) is 0.516. The van der Waals surface area contributed by atoms with Gasteiger partial charge in [0.25, 0.3) is 5.91 Å². The minimum absolute atomic E-state index is 0.0673. The van der Waals surface area contributed by atoms with Crippen LogP contribution in [0.3, 0.4) is 0 Å². The summed E-state index contributed by atoms with van der Waals surface area (Å²) in [5.74, 6) is -0.0231. The van der Waals surface area contributed by atoms with E-state index in [1.165, 1.54) is 0 Å². The number of amides is 1. The zero-order chi connectivity index (χ0) is 28.0. The molecule has 2 heterocycles. The molecule has 2 aliphatic heterocycles. The topological polar surface area (TPSA) is 71.4 Å². The standard InChI is InChI=1S/C31H40BrN3O4/c1-5-38-27(36)21-39-33-29(24-9-11-26(32)12-10-24)25-13-17-35(18-14-25)31(4)15-19-34(20-16-31)30(37)28-22(2)7-6-8-23(28)3/h6-12,25H,5,13-21H2,1-4H3/b33-29+. The summed E-state index contributed by atoms with van der Waals surface area (Å²) in [6.45, 7) is 11.8. The van der Waals surface area contributed by atoms with Crippen molar-refractivity contribution in [2.45, 2.75) is 58.9 Å². The van der Waals surface area contributed by atoms with Crippen LogP contribution < -0.4 is 0 Å². The van der Waals surface area contributed by atoms with Crippen LogP contribution in [0.4, 0.5) is 0 Å². The number of esters is 1. The summed E-state index contributed by atoms with van der Waals surface area (Å²) in [6, 6.07) is 14.1. The summed E-state index contributed by atoms with van der Waals surface area (Å²) in [5, 5.41) is 4.43. The largest absolute Gasteiger partial charge is 0.463 e. The van der Waals surface area contributed by atoms with Crippen LogP contribution in [0.25, 0.3) is 0 Å². The Bertz CT molecular complexity index is 1160. The third-order valence-electron chi connectivity index (χ3n) is 8.26. The number of likely N-dealkylation sites (tertiary alicyclic amines) is 2. The van der Waals surface area contributed by atoms with Crippen LogP contribution in [0, 0.1) is 19.8 Å². The highest BCUT2D eigenvalue weighted by molar-refractivity contribution is 9.10. The van der Waals surface area contributed by atoms with Gasteiger partial charge in [0.05, 0.1) is 12.3 Å². The van der Waals surface area contributed by atoms with E-state index in [9.17, 15) is 9.59 Å². The van der Waals surface area contributed by atoms with Gasteiger partial charge in [0, 0.05) is 34.6 Å². The lowest BCUT2D eigenvalue weighted by atomic mass is 9.82. The van der Waals surface area contributed by atoms with Crippen molar-refractivity contribution in [1.29, 1.82) is 0 Å². The molecule has 2 aromatic rings. The van der Waals surface area contributed by atoms with Crippen LogP contribution in [-0.2, 0) is 14.4 Å². The fourth-order valence-corrected chi connectivity index (χ4v) is 6.12. The molecule has 210 valence electrons. The van der Waals surface area contributed by atoms with E-state index in [2.05, 4.69) is 32.9 Å². The minimum atomic E-state index is -0.415. The third kappa shape index (κ3) is 7.09. The van der Waals surface area contributed by atoms with Gasteiger partial charge >= 0.3 is 5.97 Å². The van der Waals surface area contributed by atoms with E-state index in [1.54, 1.807) is 6.92 Å². The van der Waals surface area contributed by atoms with Crippen molar-refractivity contribution < 1.29 is 19.2 Å². The number of carbonyl (C=O) groups is 2. The SMILES string of the molecule is CCOC(=O)CO/N=C(\c1ccc(Br)cc1)C1CCN(C2(C)CCN(C(=O)c3c(C)cccc3C)CC2)CC1. The molecule has 1 amide bonds. The van der Waals surface area contributed by atoms with Crippen molar-refractivity contribution in [1.82, 2.24) is 9.80 Å². The number of hydrogen-bond acceptors (Lipinski definition) is 6. The Balaban J connectivity index is 1.38. The Kier molecular flexibility index (Phi) is 9.83. The zero-order valence-corrected chi connectivity index (χ0v) is 25.1. The maximum absolute atomic E-state index is 13.3. The van der Waals surface area contributed by atoms with Crippen molar-refractivity contribution in [2.24, 2.45) is 11.1 Å². The molecule has 2 aromatic carbocycles. The summed E-state index contributed by atoms with van der Waals surface area (Å²) in [5.41, 5.74) is 4.90. The Morgan fingerprint density at radius 3 is 2.21 bits per heavy atom. The van der Waals surface area contributed by atoms with Crippen molar-refractivity contribution in [3.63, 3.8) is 0 Å². The van der Waals surface area contributed by atoms with E-state index in [1.807, 2.05) is 61.2 Å². The lowest BCUT2D eigenvalue weighted by Gasteiger charge is -2.49. The summed E-state index contributed by atoms with van der Waals surface area (Å²) in [4.78, 5) is 35.2. The number of piperidine rings is 2. The van der Waals surface area contributed by atoms with Crippen LogP contribution in [0.1, 0.15) is 66.6 Å². The Hall–Kier alpha value is -2.71. The molecule has 4 rings (SSSR count). The summed E-state index contributed by atoms with van der Waals surface area (Å²) >= 11 is 3.51. The minimum Gasteiger partial charge on any atom is -0.463 e. The first-order chi connectivity index (χ1) is 18.7. The molecule has 2 aliphatic rings. The molecule has 0 atom stereocenters. The lowest BCUT2D eigenvalue weighted by molar-refractivity contribution is -0.148. The monoisotopic (exact) mass is 597 g/mol. The molecule has 39 heavy (non-hydrogen) atoms. The van der Waals surface area contributed by atoms with Crippen LogP contribution >= 0.6 is 15.9 Å². The first-order valence-corrected chi connectivity index (χ1v) is 14.7. The molecular weight excluding hydrogens is 558 g/mol. The smallest absolute Gasteiger partial charge is 0.347 e. The molecule has 0 bridgehead atoms. The Morgan fingerprint density at radius 2 is 1.62 bits per heavy atom. The van der Waals surface area contributed by atoms with E-state index in [4.69, 9.17) is 9.57 Å². The van der Waals surface area contributed by atoms with Gasteiger partial charge in [0.15, 0.2) is 0 Å². The number of oxime groups is 1. The molecule has 2 fully saturated rings. The van der Waals surface area contributed by atoms with Gasteiger partial charge in [-0.15, -0.1) is 0 Å². The number of rotatable bonds is 8. The fourth-order valence-electron chi connectivity index (χ4n) is 5.85. The number of carbonyl (C=O) groups excluding carboxylic acids is 2. The van der Waals surface area contributed by atoms with E-state index in [0.717, 1.165) is 84.3 Å². The molecule has 0 aliphatic carbocycles. The average molecular weight is 599 g/mol. The van der Waals surface area contributed by atoms with E-state index < -0.39 is 5.97 Å². The molecule has 7 nitrogen and oxygen atoms in total. The molecule has 0 N–H and O–H groups in total. The van der Waals surface area contributed by atoms with Gasteiger partial charge in [-0.05, 0) is 95.3 Å². The van der Waals surface area contributed by atoms with Crippen LogP contribution in [0.15, 0.2) is 52.1 Å². The van der Waals surface area contributed by atoms with Gasteiger partial charge in [-0.25, -0.2) is 4.79 Å². The van der Waals surface area contributed by atoms with Gasteiger partial charge in [0.1, 0.15) is 0 Å². The van der Waals surface area contributed by atoms with Gasteiger partial charge in [0.2, 0.25) is 6.61 Å². The molecule has 2 saturated heterocycles. The van der Waals surface area contributed by atoms with Crippen LogP contribution in [-0.4, -0.2) is 72.3 Å². The molecule has 0 saturated carbocycles. The molecular formula is C31H40BrN3O4. The van der Waals surface area contributed by atoms with Crippen molar-refractivity contribution in [2.75, 3.05) is 39.4 Å². The van der Waals surface area contributed by atoms with Gasteiger partial charge in [-0.2, -0.15) is 0 Å². The molecule has 0 radical (unpaired) electrons. The highest BCUT2D eigenvalue weighted by atomic mass is 79.9. The Labute approximate surface area is 240 Å².